The minimum atomic E-state index is 0.723. The first-order chi connectivity index (χ1) is 8.70. The Hall–Kier alpha value is -0.540. The number of likely N-dealkylation sites (tertiary alicyclic amines) is 1. The van der Waals surface area contributed by atoms with Gasteiger partial charge in [0.25, 0.3) is 0 Å². The molecule has 1 saturated heterocycles. The van der Waals surface area contributed by atoms with E-state index in [1.807, 2.05) is 13.0 Å². The minimum absolute atomic E-state index is 0.723. The van der Waals surface area contributed by atoms with Crippen LogP contribution in [-0.4, -0.2) is 24.6 Å². The van der Waals surface area contributed by atoms with Crippen LogP contribution in [0, 0.1) is 5.92 Å². The largest absolute Gasteiger partial charge is 0.494 e. The maximum Gasteiger partial charge on any atom is 0.124 e. The molecule has 2 nitrogen and oxygen atoms in total. The standard InChI is InChI=1S/C15H22BrNO/c1-3-18-15-6-4-5-14(16)13(15)11-17-9-7-12(2)8-10-17/h4-6,12H,3,7-11H2,1-2H3. The van der Waals surface area contributed by atoms with Crippen LogP contribution in [0.15, 0.2) is 22.7 Å². The Morgan fingerprint density at radius 1 is 1.33 bits per heavy atom. The van der Waals surface area contributed by atoms with Crippen LogP contribution < -0.4 is 4.74 Å². The van der Waals surface area contributed by atoms with Gasteiger partial charge in [-0.3, -0.25) is 4.90 Å². The van der Waals surface area contributed by atoms with E-state index < -0.39 is 0 Å². The summed E-state index contributed by atoms with van der Waals surface area (Å²) >= 11 is 3.65. The van der Waals surface area contributed by atoms with Crippen LogP contribution in [0.2, 0.25) is 0 Å². The third kappa shape index (κ3) is 3.48. The summed E-state index contributed by atoms with van der Waals surface area (Å²) in [6.07, 6.45) is 2.63. The van der Waals surface area contributed by atoms with Crippen molar-refractivity contribution in [2.45, 2.75) is 33.2 Å². The van der Waals surface area contributed by atoms with E-state index in [-0.39, 0.29) is 0 Å². The maximum absolute atomic E-state index is 5.72. The maximum atomic E-state index is 5.72. The van der Waals surface area contributed by atoms with Gasteiger partial charge in [0, 0.05) is 16.6 Å². The zero-order valence-electron chi connectivity index (χ0n) is 11.3. The summed E-state index contributed by atoms with van der Waals surface area (Å²) in [6.45, 7) is 8.50. The highest BCUT2D eigenvalue weighted by Gasteiger charge is 2.18. The van der Waals surface area contributed by atoms with E-state index in [1.165, 1.54) is 31.5 Å². The van der Waals surface area contributed by atoms with Crippen LogP contribution in [0.4, 0.5) is 0 Å². The zero-order valence-corrected chi connectivity index (χ0v) is 12.9. The number of rotatable bonds is 4. The highest BCUT2D eigenvalue weighted by molar-refractivity contribution is 9.10. The fourth-order valence-electron chi connectivity index (χ4n) is 2.43. The second-order valence-corrected chi connectivity index (χ2v) is 5.96. The Balaban J connectivity index is 2.07. The van der Waals surface area contributed by atoms with Gasteiger partial charge >= 0.3 is 0 Å². The molecule has 1 aromatic rings. The van der Waals surface area contributed by atoms with Crippen molar-refractivity contribution >= 4 is 15.9 Å². The Kier molecular flexibility index (Phi) is 5.07. The van der Waals surface area contributed by atoms with Gasteiger partial charge in [-0.1, -0.05) is 28.9 Å². The highest BCUT2D eigenvalue weighted by Crippen LogP contribution is 2.29. The molecular weight excluding hydrogens is 290 g/mol. The summed E-state index contributed by atoms with van der Waals surface area (Å²) in [5.74, 6) is 1.90. The molecule has 0 aliphatic carbocycles. The van der Waals surface area contributed by atoms with Gasteiger partial charge < -0.3 is 4.74 Å². The van der Waals surface area contributed by atoms with Crippen LogP contribution in [0.3, 0.4) is 0 Å². The average Bonchev–Trinajstić information content (AvgIpc) is 2.36. The predicted octanol–water partition coefficient (Wildman–Crippen LogP) is 4.08. The Morgan fingerprint density at radius 3 is 2.72 bits per heavy atom. The summed E-state index contributed by atoms with van der Waals surface area (Å²) in [4.78, 5) is 2.53. The summed E-state index contributed by atoms with van der Waals surface area (Å²) < 4.78 is 6.88. The molecule has 0 atom stereocenters. The molecule has 0 radical (unpaired) electrons. The van der Waals surface area contributed by atoms with E-state index in [9.17, 15) is 0 Å². The predicted molar refractivity (Wildman–Crippen MR) is 79.0 cm³/mol. The van der Waals surface area contributed by atoms with Crippen molar-refractivity contribution in [2.24, 2.45) is 5.92 Å². The molecule has 0 amide bonds. The van der Waals surface area contributed by atoms with E-state index in [0.717, 1.165) is 29.3 Å². The fraction of sp³-hybridized carbons (Fsp3) is 0.600. The van der Waals surface area contributed by atoms with Crippen LogP contribution >= 0.6 is 15.9 Å². The van der Waals surface area contributed by atoms with Gasteiger partial charge in [-0.2, -0.15) is 0 Å². The molecule has 1 heterocycles. The lowest BCUT2D eigenvalue weighted by molar-refractivity contribution is 0.182. The van der Waals surface area contributed by atoms with Gasteiger partial charge in [-0.25, -0.2) is 0 Å². The molecule has 100 valence electrons. The van der Waals surface area contributed by atoms with Gasteiger partial charge in [0.2, 0.25) is 0 Å². The molecule has 0 aromatic heterocycles. The quantitative estimate of drug-likeness (QED) is 0.830. The number of piperidine rings is 1. The molecule has 2 rings (SSSR count). The van der Waals surface area contributed by atoms with Gasteiger partial charge in [-0.15, -0.1) is 0 Å². The molecule has 3 heteroatoms. The summed E-state index contributed by atoms with van der Waals surface area (Å²) in [5, 5.41) is 0. The summed E-state index contributed by atoms with van der Waals surface area (Å²) in [5.41, 5.74) is 1.29. The first kappa shape index (κ1) is 13.9. The van der Waals surface area contributed by atoms with Crippen molar-refractivity contribution in [3.8, 4) is 5.75 Å². The van der Waals surface area contributed by atoms with E-state index in [2.05, 4.69) is 39.9 Å². The van der Waals surface area contributed by atoms with Crippen LogP contribution in [-0.2, 0) is 6.54 Å². The van der Waals surface area contributed by atoms with Gasteiger partial charge in [-0.05, 0) is 50.9 Å². The van der Waals surface area contributed by atoms with Gasteiger partial charge in [0.1, 0.15) is 5.75 Å². The summed E-state index contributed by atoms with van der Waals surface area (Å²) in [7, 11) is 0. The molecule has 1 aliphatic rings. The van der Waals surface area contributed by atoms with Crippen molar-refractivity contribution in [1.82, 2.24) is 4.90 Å². The molecule has 1 fully saturated rings. The second kappa shape index (κ2) is 6.58. The van der Waals surface area contributed by atoms with Crippen molar-refractivity contribution in [3.63, 3.8) is 0 Å². The monoisotopic (exact) mass is 311 g/mol. The van der Waals surface area contributed by atoms with E-state index in [4.69, 9.17) is 4.74 Å². The number of nitrogens with zero attached hydrogens (tertiary/aromatic N) is 1. The minimum Gasteiger partial charge on any atom is -0.494 e. The summed E-state index contributed by atoms with van der Waals surface area (Å²) in [6, 6.07) is 6.21. The number of hydrogen-bond acceptors (Lipinski definition) is 2. The number of benzene rings is 1. The SMILES string of the molecule is CCOc1cccc(Br)c1CN1CCC(C)CC1. The Labute approximate surface area is 118 Å². The molecule has 1 aromatic carbocycles. The molecule has 0 spiro atoms. The van der Waals surface area contributed by atoms with Gasteiger partial charge in [0.15, 0.2) is 0 Å². The van der Waals surface area contributed by atoms with Crippen LogP contribution in [0.1, 0.15) is 32.3 Å². The topological polar surface area (TPSA) is 12.5 Å². The molecule has 0 unspecified atom stereocenters. The number of ether oxygens (including phenoxy) is 1. The third-order valence-corrected chi connectivity index (χ3v) is 4.38. The van der Waals surface area contributed by atoms with E-state index in [1.54, 1.807) is 0 Å². The first-order valence-electron chi connectivity index (χ1n) is 6.83. The zero-order chi connectivity index (χ0) is 13.0. The van der Waals surface area contributed by atoms with Crippen molar-refractivity contribution in [1.29, 1.82) is 0 Å². The fourth-order valence-corrected chi connectivity index (χ4v) is 2.90. The lowest BCUT2D eigenvalue weighted by atomic mass is 9.99. The van der Waals surface area contributed by atoms with Crippen LogP contribution in [0.25, 0.3) is 0 Å². The molecule has 0 N–H and O–H groups in total. The van der Waals surface area contributed by atoms with E-state index >= 15 is 0 Å². The van der Waals surface area contributed by atoms with Crippen molar-refractivity contribution in [3.05, 3.63) is 28.2 Å². The molecular formula is C15H22BrNO. The molecule has 0 saturated carbocycles. The second-order valence-electron chi connectivity index (χ2n) is 5.11. The van der Waals surface area contributed by atoms with Gasteiger partial charge in [0.05, 0.1) is 6.61 Å². The number of hydrogen-bond donors (Lipinski definition) is 0. The molecule has 18 heavy (non-hydrogen) atoms. The van der Waals surface area contributed by atoms with Crippen molar-refractivity contribution in [2.75, 3.05) is 19.7 Å². The molecule has 0 bridgehead atoms. The normalized spacial score (nSPS) is 17.9. The number of halogens is 1. The third-order valence-electron chi connectivity index (χ3n) is 3.63. The lowest BCUT2D eigenvalue weighted by Gasteiger charge is -2.30. The van der Waals surface area contributed by atoms with Crippen molar-refractivity contribution < 1.29 is 4.74 Å². The Bertz CT molecular complexity index is 386. The average molecular weight is 312 g/mol. The highest BCUT2D eigenvalue weighted by atomic mass is 79.9. The van der Waals surface area contributed by atoms with E-state index in [0.29, 0.717) is 0 Å². The molecule has 1 aliphatic heterocycles. The first-order valence-corrected chi connectivity index (χ1v) is 7.62. The lowest BCUT2D eigenvalue weighted by Crippen LogP contribution is -2.32. The Morgan fingerprint density at radius 2 is 2.06 bits per heavy atom. The smallest absolute Gasteiger partial charge is 0.124 e. The van der Waals surface area contributed by atoms with Crippen LogP contribution in [0.5, 0.6) is 5.75 Å².